The van der Waals surface area contributed by atoms with Gasteiger partial charge in [-0.3, -0.25) is 10.1 Å². The van der Waals surface area contributed by atoms with Gasteiger partial charge in [0.25, 0.3) is 5.91 Å². The summed E-state index contributed by atoms with van der Waals surface area (Å²) in [7, 11) is -3.68. The second-order valence-corrected chi connectivity index (χ2v) is 11.4. The molecule has 3 aromatic rings. The number of nitrogens with zero attached hydrogens (tertiary/aromatic N) is 2. The zero-order valence-corrected chi connectivity index (χ0v) is 20.9. The third-order valence-corrected chi connectivity index (χ3v) is 8.24. The van der Waals surface area contributed by atoms with E-state index in [1.165, 1.54) is 39.9 Å². The van der Waals surface area contributed by atoms with Crippen molar-refractivity contribution in [3.8, 4) is 11.3 Å². The number of ether oxygens (including phenoxy) is 1. The highest BCUT2D eigenvalue weighted by Crippen LogP contribution is 2.32. The van der Waals surface area contributed by atoms with Gasteiger partial charge in [0.2, 0.25) is 10.0 Å². The van der Waals surface area contributed by atoms with Crippen LogP contribution in [0.3, 0.4) is 0 Å². The zero-order valence-electron chi connectivity index (χ0n) is 17.8. The second-order valence-electron chi connectivity index (χ2n) is 7.72. The molecule has 1 N–H and O–H groups in total. The first kappa shape index (κ1) is 24.1. The summed E-state index contributed by atoms with van der Waals surface area (Å²) in [5.41, 5.74) is 1.58. The van der Waals surface area contributed by atoms with Crippen molar-refractivity contribution < 1.29 is 17.9 Å². The summed E-state index contributed by atoms with van der Waals surface area (Å²) in [5.74, 6) is -0.398. The van der Waals surface area contributed by atoms with Gasteiger partial charge >= 0.3 is 0 Å². The molecule has 7 nitrogen and oxygen atoms in total. The van der Waals surface area contributed by atoms with Crippen molar-refractivity contribution in [1.29, 1.82) is 0 Å². The molecule has 1 aliphatic heterocycles. The third kappa shape index (κ3) is 5.40. The Morgan fingerprint density at radius 3 is 2.45 bits per heavy atom. The fourth-order valence-electron chi connectivity index (χ4n) is 3.57. The van der Waals surface area contributed by atoms with Crippen LogP contribution in [0.5, 0.6) is 0 Å². The first-order valence-corrected chi connectivity index (χ1v) is 13.2. The summed E-state index contributed by atoms with van der Waals surface area (Å²) < 4.78 is 33.0. The molecule has 1 saturated heterocycles. The second kappa shape index (κ2) is 9.69. The molecule has 2 atom stereocenters. The maximum atomic E-state index is 13.0. The SMILES string of the molecule is CC1CN(S(=O)(=O)c2ccc(C(=O)Nc3nc(-c4cc(Cl)ccc4Cl)cs3)cc2)CC(C)O1. The molecule has 1 aliphatic rings. The molecule has 0 bridgehead atoms. The summed E-state index contributed by atoms with van der Waals surface area (Å²) >= 11 is 13.5. The number of halogens is 2. The first-order chi connectivity index (χ1) is 15.6. The molecule has 1 amide bonds. The van der Waals surface area contributed by atoms with Gasteiger partial charge in [-0.05, 0) is 56.3 Å². The van der Waals surface area contributed by atoms with Crippen LogP contribution < -0.4 is 5.32 Å². The van der Waals surface area contributed by atoms with Crippen molar-refractivity contribution in [2.75, 3.05) is 18.4 Å². The van der Waals surface area contributed by atoms with E-state index in [9.17, 15) is 13.2 Å². The van der Waals surface area contributed by atoms with E-state index in [1.807, 2.05) is 13.8 Å². The lowest BCUT2D eigenvalue weighted by Gasteiger charge is -2.34. The Labute approximate surface area is 206 Å². The van der Waals surface area contributed by atoms with Gasteiger partial charge in [0.05, 0.1) is 27.8 Å². The predicted octanol–water partition coefficient (Wildman–Crippen LogP) is 5.17. The Bertz CT molecular complexity index is 1270. The van der Waals surface area contributed by atoms with Crippen LogP contribution in [0.1, 0.15) is 24.2 Å². The Morgan fingerprint density at radius 2 is 1.79 bits per heavy atom. The summed E-state index contributed by atoms with van der Waals surface area (Å²) in [5, 5.41) is 5.93. The maximum Gasteiger partial charge on any atom is 0.257 e. The van der Waals surface area contributed by atoms with Crippen LogP contribution >= 0.6 is 34.5 Å². The fourth-order valence-corrected chi connectivity index (χ4v) is 6.25. The van der Waals surface area contributed by atoms with Crippen LogP contribution in [-0.2, 0) is 14.8 Å². The van der Waals surface area contributed by atoms with Crippen LogP contribution in [0.2, 0.25) is 10.0 Å². The summed E-state index contributed by atoms with van der Waals surface area (Å²) in [4.78, 5) is 17.2. The van der Waals surface area contributed by atoms with E-state index >= 15 is 0 Å². The van der Waals surface area contributed by atoms with Gasteiger partial charge < -0.3 is 4.74 Å². The lowest BCUT2D eigenvalue weighted by atomic mass is 10.2. The number of carbonyl (C=O) groups excluding carboxylic acids is 1. The van der Waals surface area contributed by atoms with Crippen molar-refractivity contribution in [2.45, 2.75) is 31.0 Å². The number of morpholine rings is 1. The number of nitrogens with one attached hydrogen (secondary N) is 1. The molecule has 174 valence electrons. The highest BCUT2D eigenvalue weighted by molar-refractivity contribution is 7.89. The molecule has 0 spiro atoms. The van der Waals surface area contributed by atoms with E-state index in [-0.39, 0.29) is 30.2 Å². The van der Waals surface area contributed by atoms with Gasteiger partial charge in [0, 0.05) is 34.6 Å². The Kier molecular flexibility index (Phi) is 7.09. The van der Waals surface area contributed by atoms with E-state index in [0.29, 0.717) is 32.0 Å². The number of rotatable bonds is 5. The minimum absolute atomic E-state index is 0.132. The van der Waals surface area contributed by atoms with Gasteiger partial charge in [-0.1, -0.05) is 23.2 Å². The van der Waals surface area contributed by atoms with E-state index in [4.69, 9.17) is 27.9 Å². The van der Waals surface area contributed by atoms with Crippen LogP contribution in [-0.4, -0.2) is 48.9 Å². The number of amides is 1. The minimum Gasteiger partial charge on any atom is -0.373 e. The lowest BCUT2D eigenvalue weighted by Crippen LogP contribution is -2.48. The molecule has 11 heteroatoms. The average Bonchev–Trinajstić information content (AvgIpc) is 3.23. The molecule has 2 unspecified atom stereocenters. The standard InChI is InChI=1S/C22H21Cl2N3O4S2/c1-13-10-27(11-14(2)31-13)33(29,30)17-6-3-15(4-7-17)21(28)26-22-25-20(12-32-22)18-9-16(23)5-8-19(18)24/h3-9,12-14H,10-11H2,1-2H3,(H,25,26,28). The zero-order chi connectivity index (χ0) is 23.8. The lowest BCUT2D eigenvalue weighted by molar-refractivity contribution is -0.0440. The minimum atomic E-state index is -3.68. The van der Waals surface area contributed by atoms with Crippen LogP contribution in [0, 0.1) is 0 Å². The first-order valence-electron chi connectivity index (χ1n) is 10.1. The highest BCUT2D eigenvalue weighted by atomic mass is 35.5. The molecule has 33 heavy (non-hydrogen) atoms. The Hall–Kier alpha value is -2.01. The summed E-state index contributed by atoms with van der Waals surface area (Å²) in [6.07, 6.45) is -0.364. The van der Waals surface area contributed by atoms with Crippen LogP contribution in [0.15, 0.2) is 52.7 Å². The smallest absolute Gasteiger partial charge is 0.257 e. The largest absolute Gasteiger partial charge is 0.373 e. The van der Waals surface area contributed by atoms with E-state index in [0.717, 1.165) is 0 Å². The highest BCUT2D eigenvalue weighted by Gasteiger charge is 2.32. The fraction of sp³-hybridized carbons (Fsp3) is 0.273. The van der Waals surface area contributed by atoms with Crippen molar-refractivity contribution >= 4 is 55.6 Å². The Morgan fingerprint density at radius 1 is 1.12 bits per heavy atom. The molecular formula is C22H21Cl2N3O4S2. The topological polar surface area (TPSA) is 88.6 Å². The van der Waals surface area contributed by atoms with Crippen molar-refractivity contribution in [3.63, 3.8) is 0 Å². The Balaban J connectivity index is 1.47. The van der Waals surface area contributed by atoms with Crippen molar-refractivity contribution in [2.24, 2.45) is 0 Å². The van der Waals surface area contributed by atoms with Gasteiger partial charge in [0.1, 0.15) is 0 Å². The molecule has 4 rings (SSSR count). The molecule has 0 aliphatic carbocycles. The van der Waals surface area contributed by atoms with E-state index in [2.05, 4.69) is 10.3 Å². The molecule has 1 aromatic heterocycles. The van der Waals surface area contributed by atoms with Gasteiger partial charge in [-0.15, -0.1) is 11.3 Å². The molecular weight excluding hydrogens is 505 g/mol. The number of carbonyl (C=O) groups is 1. The molecule has 2 aromatic carbocycles. The normalized spacial score (nSPS) is 19.4. The number of hydrogen-bond acceptors (Lipinski definition) is 6. The molecule has 2 heterocycles. The van der Waals surface area contributed by atoms with Crippen LogP contribution in [0.25, 0.3) is 11.3 Å². The number of thiazole rings is 1. The number of aromatic nitrogens is 1. The van der Waals surface area contributed by atoms with Gasteiger partial charge in [-0.25, -0.2) is 13.4 Å². The monoisotopic (exact) mass is 525 g/mol. The number of sulfonamides is 1. The number of hydrogen-bond donors (Lipinski definition) is 1. The van der Waals surface area contributed by atoms with Gasteiger partial charge in [-0.2, -0.15) is 4.31 Å². The number of anilines is 1. The predicted molar refractivity (Wildman–Crippen MR) is 131 cm³/mol. The molecule has 0 radical (unpaired) electrons. The average molecular weight is 526 g/mol. The quantitative estimate of drug-likeness (QED) is 0.496. The number of benzene rings is 2. The summed E-state index contributed by atoms with van der Waals surface area (Å²) in [6, 6.07) is 10.9. The maximum absolute atomic E-state index is 13.0. The molecule has 1 fully saturated rings. The van der Waals surface area contributed by atoms with Crippen molar-refractivity contribution in [1.82, 2.24) is 9.29 Å². The van der Waals surface area contributed by atoms with E-state index in [1.54, 1.807) is 23.6 Å². The third-order valence-electron chi connectivity index (χ3n) is 5.07. The van der Waals surface area contributed by atoms with E-state index < -0.39 is 15.9 Å². The van der Waals surface area contributed by atoms with Crippen LogP contribution in [0.4, 0.5) is 5.13 Å². The van der Waals surface area contributed by atoms with Crippen molar-refractivity contribution in [3.05, 3.63) is 63.5 Å². The molecule has 0 saturated carbocycles. The summed E-state index contributed by atoms with van der Waals surface area (Å²) in [6.45, 7) is 4.27. The van der Waals surface area contributed by atoms with Gasteiger partial charge in [0.15, 0.2) is 5.13 Å².